The van der Waals surface area contributed by atoms with E-state index in [9.17, 15) is 89.1 Å². The van der Waals surface area contributed by atoms with E-state index in [4.69, 9.17) is 38.1 Å². The third-order valence-corrected chi connectivity index (χ3v) is 23.2. The Hall–Kier alpha value is -12.3. The highest BCUT2D eigenvalue weighted by atomic mass is 79.9. The molecule has 2 saturated carbocycles. The molecule has 29 nitrogen and oxygen atoms in total. The van der Waals surface area contributed by atoms with E-state index in [0.29, 0.717) is 57.1 Å². The van der Waals surface area contributed by atoms with Gasteiger partial charge in [0.1, 0.15) is 47.9 Å². The number of nitrogens with one attached hydrogen (secondary N) is 2. The molecule has 48 heteroatoms. The van der Waals surface area contributed by atoms with Crippen molar-refractivity contribution in [1.29, 1.82) is 0 Å². The van der Waals surface area contributed by atoms with E-state index in [1.54, 1.807) is 74.9 Å². The van der Waals surface area contributed by atoms with Gasteiger partial charge in [0.25, 0.3) is 20.0 Å². The van der Waals surface area contributed by atoms with E-state index in [0.717, 1.165) is 27.8 Å². The number of fused-ring (bicyclic) bond motifs is 3. The normalized spacial score (nSPS) is 13.9. The smallest absolute Gasteiger partial charge is 0.481 e. The number of imidazole rings is 3. The van der Waals surface area contributed by atoms with E-state index >= 15 is 0 Å². The fourth-order valence-electron chi connectivity index (χ4n) is 11.4. The number of hydrogen-bond donors (Lipinski definition) is 10. The number of carboxylic acids is 1. The summed E-state index contributed by atoms with van der Waals surface area (Å²) in [5, 5.41) is 28.2. The van der Waals surface area contributed by atoms with E-state index in [1.165, 1.54) is 143 Å². The molecule has 2 aliphatic carbocycles. The molecule has 4 atom stereocenters. The molecule has 9 aromatic heterocycles. The monoisotopic (exact) mass is 2210 g/mol. The van der Waals surface area contributed by atoms with E-state index in [-0.39, 0.29) is 103 Å². The fourth-order valence-corrected chi connectivity index (χ4v) is 14.9. The number of nitrogens with two attached hydrogens (primary N) is 5. The van der Waals surface area contributed by atoms with Crippen molar-refractivity contribution in [3.63, 3.8) is 0 Å². The molecule has 0 aliphatic heterocycles. The van der Waals surface area contributed by atoms with Crippen LogP contribution in [0.2, 0.25) is 0 Å². The topological polar surface area (TPSA) is 463 Å². The molecule has 0 spiro atoms. The maximum absolute atomic E-state index is 14.5. The number of amides is 3. The van der Waals surface area contributed by atoms with Gasteiger partial charge >= 0.3 is 13.1 Å². The van der Waals surface area contributed by atoms with E-state index in [2.05, 4.69) is 125 Å². The highest BCUT2D eigenvalue weighted by Crippen LogP contribution is 2.39. The summed E-state index contributed by atoms with van der Waals surface area (Å²) in [6, 6.07) is 33.0. The Balaban J connectivity index is 0.000000190. The number of hydrogen-bond acceptors (Lipinski definition) is 19. The first kappa shape index (κ1) is 106. The van der Waals surface area contributed by atoms with Gasteiger partial charge in [-0.3, -0.25) is 33.1 Å². The van der Waals surface area contributed by atoms with Crippen LogP contribution < -0.4 is 49.7 Å². The molecule has 15 N–H and O–H groups in total. The first-order valence-corrected chi connectivity index (χ1v) is 45.3. The van der Waals surface area contributed by atoms with Crippen LogP contribution in [0.15, 0.2) is 221 Å². The molecule has 0 bridgehead atoms. The number of primary amides is 2. The minimum Gasteiger partial charge on any atom is -0.481 e. The number of sulfonamides is 2. The first-order valence-electron chi connectivity index (χ1n) is 38.1. The molecule has 2 aliphatic rings. The van der Waals surface area contributed by atoms with Crippen molar-refractivity contribution in [3.05, 3.63) is 298 Å². The number of anilines is 5. The lowest BCUT2D eigenvalue weighted by atomic mass is 9.77. The number of halogens is 16. The third-order valence-electron chi connectivity index (χ3n) is 18.3. The number of nitrogens with zero attached hydrogens (tertiary/aromatic N) is 10. The van der Waals surface area contributed by atoms with Crippen molar-refractivity contribution in [3.8, 4) is 22.3 Å². The zero-order valence-corrected chi connectivity index (χ0v) is 79.4. The van der Waals surface area contributed by atoms with Crippen molar-refractivity contribution >= 4 is 188 Å². The first-order chi connectivity index (χ1) is 62.4. The summed E-state index contributed by atoms with van der Waals surface area (Å²) in [5.41, 5.74) is 31.0. The minimum atomic E-state index is -4.13. The van der Waals surface area contributed by atoms with E-state index in [1.807, 2.05) is 13.8 Å². The van der Waals surface area contributed by atoms with Gasteiger partial charge in [-0.15, -0.1) is 4.40 Å². The van der Waals surface area contributed by atoms with Crippen LogP contribution >= 0.6 is 79.6 Å². The van der Waals surface area contributed by atoms with Gasteiger partial charge in [-0.25, -0.2) is 81.6 Å². The Bertz CT molecular complexity index is 7000. The van der Waals surface area contributed by atoms with Crippen LogP contribution in [-0.4, -0.2) is 129 Å². The Morgan fingerprint density at radius 1 is 0.526 bits per heavy atom. The minimum absolute atomic E-state index is 0.0324. The van der Waals surface area contributed by atoms with Crippen molar-refractivity contribution in [2.24, 2.45) is 27.7 Å². The number of carbonyl (C=O) groups excluding carboxylic acids is 4. The lowest BCUT2D eigenvalue weighted by Crippen LogP contribution is -2.32. The van der Waals surface area contributed by atoms with Gasteiger partial charge in [-0.2, -0.15) is 8.42 Å². The van der Waals surface area contributed by atoms with Crippen LogP contribution in [0.4, 0.5) is 77.4 Å². The molecule has 133 heavy (non-hydrogen) atoms. The number of ketones is 1. The number of pyridine rings is 6. The lowest BCUT2D eigenvalue weighted by molar-refractivity contribution is -0.139. The number of Topliss-reactive ketones (excluding diaryl/α,β-unsaturated/α-hetero) is 1. The van der Waals surface area contributed by atoms with Crippen LogP contribution in [0.5, 0.6) is 0 Å². The summed E-state index contributed by atoms with van der Waals surface area (Å²) in [6.07, 6.45) is 10.1. The summed E-state index contributed by atoms with van der Waals surface area (Å²) >= 11 is 15.2. The van der Waals surface area contributed by atoms with Crippen molar-refractivity contribution in [1.82, 2.24) is 42.7 Å². The summed E-state index contributed by atoms with van der Waals surface area (Å²) < 4.78 is 208. The van der Waals surface area contributed by atoms with E-state index < -0.39 is 128 Å². The van der Waals surface area contributed by atoms with Gasteiger partial charge in [0.15, 0.2) is 86.4 Å². The van der Waals surface area contributed by atoms with Gasteiger partial charge in [0.05, 0.1) is 39.4 Å². The zero-order chi connectivity index (χ0) is 98.7. The summed E-state index contributed by atoms with van der Waals surface area (Å²) in [5.74, 6) is -9.15. The number of carbonyl (C=O) groups is 5. The molecule has 700 valence electrons. The molecule has 14 aromatic rings. The molecule has 0 unspecified atom stereocenters. The molecule has 3 amide bonds. The van der Waals surface area contributed by atoms with Crippen LogP contribution in [0, 0.1) is 98.8 Å². The van der Waals surface area contributed by atoms with Crippen LogP contribution in [0.1, 0.15) is 58.1 Å². The maximum Gasteiger partial charge on any atom is 0.488 e. The Morgan fingerprint density at radius 2 is 0.992 bits per heavy atom. The summed E-state index contributed by atoms with van der Waals surface area (Å²) in [7, 11) is -9.55. The molecular weight excluding hydrogens is 2130 g/mol. The second kappa shape index (κ2) is 46.9. The number of benzene rings is 5. The van der Waals surface area contributed by atoms with Gasteiger partial charge in [0, 0.05) is 73.1 Å². The molecule has 5 aromatic carbocycles. The highest BCUT2D eigenvalue weighted by molar-refractivity contribution is 9.11. The van der Waals surface area contributed by atoms with Gasteiger partial charge in [-0.05, 0) is 223 Å². The standard InChI is InChI=1S/C18H14F3N3O.C14H13BrFN3O3S.C14H11F2N3.C12H10BrFN2O2S.C9H7BrFN3O.C7H8BFO2.C5H4BrFN2.C4H5FO2.C2H4BrNO/c1-8-10(3-2-4-12(8)19)9-5-14(21)18-23-17(22)15(24(18)7-9)16(25)11-6-13(11)20;1-9-2-4-11(5-3-9)23(21,22)18-14-12(16)6-10(15)7-19(14)8-13(17)20;1-8-10(3-2-4-11(8)15)9-5-12(16)14-18-13(17)7-19(14)6-9;1-8-2-4-10(5-3-8)19(17,18)16-12-11(14)6-9(13)7-15-12;1-5(15)12-8-4-14-3-6(10)2-7(11)9(14)13-8;1-5-6(8(10)11)3-2-4-7(5)9;6-3-1-4(7)5(8)9-2-3;5-3-1-2(3)4(6)7;3-1-2(4)5/h2-5,7,11,13H,6,22H2,1H3;2-7H,8H2,1H3,(H2,17,20);2-7H,17H2,1H3;2-7H,1H3,(H,15,16);2-4H,1H3,(H,12,15);2-4,10-11H,1H3;1-2H,(H2,8,9);2-3H,1H2,(H,6,7);1H2,(H2,4,5)/t11-,13+;;;;;;;2-,3+;/m1......1./s1. The fraction of sp³-hybridized carbons (Fsp3) is 0.165. The number of aliphatic carboxylic acids is 1. The Labute approximate surface area is 792 Å². The Kier molecular flexibility index (Phi) is 37.4. The number of alkyl halides is 3. The SMILES string of the molecule is CC(=O)Nc1cn2cc(Br)cc(F)c2n1.Cc1c(F)cccc1-c1cc(F)c2nc(N)c(C(=O)[C@@H]3C[C@@H]3F)n2c1.Cc1c(F)cccc1-c1cc(F)c2nc(N)cn2c1.Cc1c(F)cccc1B(O)O.Cc1ccc(S(=O)(=O)N=c2c(F)cc(Br)cn2CC(N)=O)cc1.Cc1ccc(S(=O)(=O)Nc2ncc(Br)cc2F)cc1.NC(=O)CBr.Nc1ncc(Br)cc1F.O=C(O)[C@@H]1C[C@@H]1F. The average molecular weight is 2210 g/mol. The molecule has 2 fully saturated rings. The number of aryl methyl sites for hydroxylation is 2. The number of carboxylic acid groups (broad SMARTS) is 1. The molecule has 9 heterocycles. The average Bonchev–Trinajstić information content (AvgIpc) is 1.60. The van der Waals surface area contributed by atoms with Crippen LogP contribution in [0.3, 0.4) is 0 Å². The van der Waals surface area contributed by atoms with Crippen LogP contribution in [-0.2, 0) is 45.8 Å². The quantitative estimate of drug-likeness (QED) is 0.0197. The van der Waals surface area contributed by atoms with Crippen molar-refractivity contribution < 1.29 is 104 Å². The van der Waals surface area contributed by atoms with Crippen molar-refractivity contribution in [2.75, 3.05) is 32.6 Å². The van der Waals surface area contributed by atoms with Crippen LogP contribution in [0.25, 0.3) is 39.2 Å². The number of rotatable bonds is 15. The molecule has 16 rings (SSSR count). The number of nitrogen functional groups attached to an aromatic ring is 3. The number of aromatic nitrogens is 9. The molecule has 0 saturated heterocycles. The zero-order valence-electron chi connectivity index (χ0n) is 69.9. The second-order valence-corrected chi connectivity index (χ2v) is 36.0. The Morgan fingerprint density at radius 3 is 1.47 bits per heavy atom. The lowest BCUT2D eigenvalue weighted by Gasteiger charge is -2.09. The van der Waals surface area contributed by atoms with Gasteiger partial charge < -0.3 is 62.5 Å². The van der Waals surface area contributed by atoms with Crippen molar-refractivity contribution in [2.45, 2.75) is 83.1 Å². The molecule has 0 radical (unpaired) electrons. The maximum atomic E-state index is 14.5. The van der Waals surface area contributed by atoms with Gasteiger partial charge in [-0.1, -0.05) is 87.7 Å². The highest BCUT2D eigenvalue weighted by Gasteiger charge is 2.46. The summed E-state index contributed by atoms with van der Waals surface area (Å²) in [6.45, 7) is 9.37. The summed E-state index contributed by atoms with van der Waals surface area (Å²) in [4.78, 5) is 72.5. The second-order valence-electron chi connectivity index (χ2n) is 28.5. The predicted octanol–water partition coefficient (Wildman–Crippen LogP) is 15.3. The predicted molar refractivity (Wildman–Crippen MR) is 494 cm³/mol. The molecular formula is C85H76BBr5F11N17O12S2. The van der Waals surface area contributed by atoms with Gasteiger partial charge in [0.2, 0.25) is 17.7 Å². The third kappa shape index (κ3) is 29.8. The largest absolute Gasteiger partial charge is 0.488 e.